The largest absolute Gasteiger partial charge is 0.462 e. The van der Waals surface area contributed by atoms with Crippen molar-refractivity contribution in [2.24, 2.45) is 5.73 Å². The van der Waals surface area contributed by atoms with Gasteiger partial charge in [0, 0.05) is 6.42 Å². The van der Waals surface area contributed by atoms with Crippen LogP contribution >= 0.6 is 11.3 Å². The third-order valence-corrected chi connectivity index (χ3v) is 3.03. The van der Waals surface area contributed by atoms with E-state index in [1.807, 2.05) is 6.92 Å². The highest BCUT2D eigenvalue weighted by Gasteiger charge is 2.17. The Kier molecular flexibility index (Phi) is 4.71. The lowest BCUT2D eigenvalue weighted by Gasteiger charge is -1.99. The Morgan fingerprint density at radius 3 is 2.80 bits per heavy atom. The monoisotopic (exact) mass is 228 g/mol. The summed E-state index contributed by atoms with van der Waals surface area (Å²) in [5.41, 5.74) is 6.27. The molecule has 4 nitrogen and oxygen atoms in total. The van der Waals surface area contributed by atoms with E-state index >= 15 is 0 Å². The van der Waals surface area contributed by atoms with E-state index in [0.717, 1.165) is 23.5 Å². The van der Waals surface area contributed by atoms with Crippen molar-refractivity contribution in [1.29, 1.82) is 0 Å². The summed E-state index contributed by atoms with van der Waals surface area (Å²) < 4.78 is 4.96. The first kappa shape index (κ1) is 12.1. The van der Waals surface area contributed by atoms with Gasteiger partial charge in [-0.25, -0.2) is 9.78 Å². The molecular weight excluding hydrogens is 212 g/mol. The van der Waals surface area contributed by atoms with Gasteiger partial charge in [-0.3, -0.25) is 0 Å². The zero-order valence-electron chi connectivity index (χ0n) is 9.08. The van der Waals surface area contributed by atoms with Gasteiger partial charge in [-0.15, -0.1) is 11.3 Å². The summed E-state index contributed by atoms with van der Waals surface area (Å²) in [4.78, 5) is 16.5. The van der Waals surface area contributed by atoms with Gasteiger partial charge in [0.2, 0.25) is 0 Å². The number of rotatable bonds is 5. The topological polar surface area (TPSA) is 65.2 Å². The van der Waals surface area contributed by atoms with E-state index in [2.05, 4.69) is 4.98 Å². The van der Waals surface area contributed by atoms with Crippen LogP contribution in [0.4, 0.5) is 0 Å². The first-order valence-electron chi connectivity index (χ1n) is 5.08. The van der Waals surface area contributed by atoms with E-state index in [0.29, 0.717) is 18.0 Å². The molecule has 0 aliphatic rings. The highest BCUT2D eigenvalue weighted by Crippen LogP contribution is 2.20. The second-order valence-electron chi connectivity index (χ2n) is 3.00. The second-order valence-corrected chi connectivity index (χ2v) is 4.08. The molecule has 0 unspecified atom stereocenters. The minimum absolute atomic E-state index is 0.268. The Morgan fingerprint density at radius 2 is 2.27 bits per heavy atom. The van der Waals surface area contributed by atoms with Gasteiger partial charge < -0.3 is 10.5 Å². The fourth-order valence-electron chi connectivity index (χ4n) is 1.23. The van der Waals surface area contributed by atoms with Gasteiger partial charge in [0.25, 0.3) is 0 Å². The maximum atomic E-state index is 11.6. The van der Waals surface area contributed by atoms with Crippen LogP contribution in [0.2, 0.25) is 0 Å². The van der Waals surface area contributed by atoms with Crippen LogP contribution in [0.25, 0.3) is 0 Å². The molecule has 1 aromatic rings. The van der Waals surface area contributed by atoms with Crippen molar-refractivity contribution in [3.05, 3.63) is 15.6 Å². The van der Waals surface area contributed by atoms with Gasteiger partial charge in [-0.1, -0.05) is 6.92 Å². The lowest BCUT2D eigenvalue weighted by Crippen LogP contribution is -2.05. The number of hydrogen-bond acceptors (Lipinski definition) is 5. The predicted molar refractivity (Wildman–Crippen MR) is 60.2 cm³/mol. The summed E-state index contributed by atoms with van der Waals surface area (Å²) in [6.07, 6.45) is 1.46. The number of aromatic nitrogens is 1. The van der Waals surface area contributed by atoms with Crippen LogP contribution in [0.15, 0.2) is 0 Å². The normalized spacial score (nSPS) is 10.3. The molecule has 0 spiro atoms. The van der Waals surface area contributed by atoms with Crippen LogP contribution in [0.3, 0.4) is 0 Å². The van der Waals surface area contributed by atoms with Gasteiger partial charge in [0.1, 0.15) is 4.88 Å². The molecule has 0 bridgehead atoms. The average Bonchev–Trinajstić information content (AvgIpc) is 2.62. The van der Waals surface area contributed by atoms with E-state index in [-0.39, 0.29) is 5.97 Å². The smallest absolute Gasteiger partial charge is 0.350 e. The zero-order valence-corrected chi connectivity index (χ0v) is 9.89. The first-order valence-corrected chi connectivity index (χ1v) is 5.90. The molecule has 0 aliphatic carbocycles. The van der Waals surface area contributed by atoms with E-state index in [1.54, 1.807) is 6.92 Å². The molecular formula is C10H16N2O2S. The Morgan fingerprint density at radius 1 is 1.53 bits per heavy atom. The summed E-state index contributed by atoms with van der Waals surface area (Å²) in [6.45, 7) is 4.72. The summed E-state index contributed by atoms with van der Waals surface area (Å²) in [5.74, 6) is -0.268. The van der Waals surface area contributed by atoms with Crippen molar-refractivity contribution >= 4 is 17.3 Å². The van der Waals surface area contributed by atoms with Gasteiger partial charge in [-0.05, 0) is 19.9 Å². The number of carbonyl (C=O) groups is 1. The van der Waals surface area contributed by atoms with Gasteiger partial charge >= 0.3 is 5.97 Å². The van der Waals surface area contributed by atoms with Gasteiger partial charge in [0.15, 0.2) is 0 Å². The number of aryl methyl sites for hydroxylation is 1. The first-order chi connectivity index (χ1) is 7.22. The number of hydrogen-bond donors (Lipinski definition) is 1. The Bertz CT molecular complexity index is 336. The maximum Gasteiger partial charge on any atom is 0.350 e. The lowest BCUT2D eigenvalue weighted by molar-refractivity contribution is 0.0530. The van der Waals surface area contributed by atoms with Crippen molar-refractivity contribution in [2.75, 3.05) is 13.2 Å². The van der Waals surface area contributed by atoms with E-state index < -0.39 is 0 Å². The fourth-order valence-corrected chi connectivity index (χ4v) is 2.29. The molecule has 0 radical (unpaired) electrons. The Balaban J connectivity index is 2.89. The lowest BCUT2D eigenvalue weighted by atomic mass is 10.3. The third-order valence-electron chi connectivity index (χ3n) is 1.90. The fraction of sp³-hybridized carbons (Fsp3) is 0.600. The number of thiazole rings is 1. The quantitative estimate of drug-likeness (QED) is 0.773. The summed E-state index contributed by atoms with van der Waals surface area (Å²) in [7, 11) is 0. The van der Waals surface area contributed by atoms with Crippen LogP contribution in [-0.4, -0.2) is 24.1 Å². The molecule has 1 aromatic heterocycles. The van der Waals surface area contributed by atoms with Crippen molar-refractivity contribution in [3.8, 4) is 0 Å². The van der Waals surface area contributed by atoms with E-state index in [1.165, 1.54) is 11.3 Å². The maximum absolute atomic E-state index is 11.6. The SMILES string of the molecule is CCOC(=O)c1sc(CCN)nc1CC. The van der Waals surface area contributed by atoms with E-state index in [9.17, 15) is 4.79 Å². The molecule has 15 heavy (non-hydrogen) atoms. The van der Waals surface area contributed by atoms with Crippen LogP contribution in [0.5, 0.6) is 0 Å². The third kappa shape index (κ3) is 3.00. The summed E-state index contributed by atoms with van der Waals surface area (Å²) >= 11 is 1.39. The molecule has 0 saturated heterocycles. The molecule has 2 N–H and O–H groups in total. The van der Waals surface area contributed by atoms with Crippen molar-refractivity contribution in [1.82, 2.24) is 4.98 Å². The molecule has 5 heteroatoms. The van der Waals surface area contributed by atoms with Crippen LogP contribution < -0.4 is 5.73 Å². The number of ether oxygens (including phenoxy) is 1. The number of nitrogens with two attached hydrogens (primary N) is 1. The van der Waals surface area contributed by atoms with Crippen LogP contribution in [-0.2, 0) is 17.6 Å². The average molecular weight is 228 g/mol. The minimum Gasteiger partial charge on any atom is -0.462 e. The van der Waals surface area contributed by atoms with Crippen molar-refractivity contribution < 1.29 is 9.53 Å². The molecule has 1 heterocycles. The number of nitrogens with zero attached hydrogens (tertiary/aromatic N) is 1. The van der Waals surface area contributed by atoms with E-state index in [4.69, 9.17) is 10.5 Å². The van der Waals surface area contributed by atoms with Crippen molar-refractivity contribution in [2.45, 2.75) is 26.7 Å². The molecule has 0 amide bonds. The molecule has 0 aromatic carbocycles. The zero-order chi connectivity index (χ0) is 11.3. The molecule has 0 saturated carbocycles. The van der Waals surface area contributed by atoms with Crippen molar-refractivity contribution in [3.63, 3.8) is 0 Å². The molecule has 0 fully saturated rings. The molecule has 1 rings (SSSR count). The predicted octanol–water partition coefficient (Wildman–Crippen LogP) is 1.38. The Hall–Kier alpha value is -0.940. The van der Waals surface area contributed by atoms with Gasteiger partial charge in [-0.2, -0.15) is 0 Å². The minimum atomic E-state index is -0.268. The Labute approximate surface area is 93.5 Å². The van der Waals surface area contributed by atoms with Gasteiger partial charge in [0.05, 0.1) is 17.3 Å². The summed E-state index contributed by atoms with van der Waals surface area (Å²) in [5, 5.41) is 0.914. The summed E-state index contributed by atoms with van der Waals surface area (Å²) in [6, 6.07) is 0. The number of esters is 1. The highest BCUT2D eigenvalue weighted by molar-refractivity contribution is 7.13. The van der Waals surface area contributed by atoms with Crippen LogP contribution in [0.1, 0.15) is 34.2 Å². The molecule has 0 atom stereocenters. The second kappa shape index (κ2) is 5.82. The number of carbonyl (C=O) groups excluding carboxylic acids is 1. The molecule has 84 valence electrons. The molecule has 0 aliphatic heterocycles. The highest BCUT2D eigenvalue weighted by atomic mass is 32.1. The standard InChI is InChI=1S/C10H16N2O2S/c1-3-7-9(10(13)14-4-2)15-8(12-7)5-6-11/h3-6,11H2,1-2H3. The van der Waals surface area contributed by atoms with Crippen LogP contribution in [0, 0.1) is 0 Å².